The number of carbonyl (C=O) groups is 1. The van der Waals surface area contributed by atoms with Gasteiger partial charge in [0.2, 0.25) is 15.9 Å². The third kappa shape index (κ3) is 6.94. The Balaban J connectivity index is 1.31. The molecule has 1 aliphatic rings. The average Bonchev–Trinajstić information content (AvgIpc) is 2.85. The molecular formula is C26H28FN3O5S2. The standard InChI is InChI=1S/C26H28FN3O5S2/c1-19-3-2-4-24(17-19)29-37(34,35)25-11-9-23(10-12-25)28-26(31)21-13-15-30(16-14-21)36(32,33)18-20-5-7-22(27)8-6-20/h2-12,17,21,29H,13-16,18H2,1H3,(H,28,31). The Bertz CT molecular complexity index is 1470. The number of amides is 1. The summed E-state index contributed by atoms with van der Waals surface area (Å²) in [6.07, 6.45) is 0.725. The molecule has 8 nitrogen and oxygen atoms in total. The first-order valence-corrected chi connectivity index (χ1v) is 14.8. The Morgan fingerprint density at radius 1 is 0.919 bits per heavy atom. The van der Waals surface area contributed by atoms with Crippen LogP contribution < -0.4 is 10.0 Å². The molecule has 1 amide bonds. The predicted molar refractivity (Wildman–Crippen MR) is 140 cm³/mol. The number of sulfonamides is 2. The molecule has 1 aliphatic heterocycles. The second-order valence-electron chi connectivity index (χ2n) is 9.04. The molecule has 0 atom stereocenters. The summed E-state index contributed by atoms with van der Waals surface area (Å²) in [5.41, 5.74) is 2.34. The summed E-state index contributed by atoms with van der Waals surface area (Å²) < 4.78 is 67.8. The Hall–Kier alpha value is -3.28. The minimum absolute atomic E-state index is 0.0617. The van der Waals surface area contributed by atoms with Gasteiger partial charge in [-0.2, -0.15) is 0 Å². The fourth-order valence-electron chi connectivity index (χ4n) is 4.16. The van der Waals surface area contributed by atoms with Crippen LogP contribution in [0.25, 0.3) is 0 Å². The van der Waals surface area contributed by atoms with Crippen molar-refractivity contribution < 1.29 is 26.0 Å². The third-order valence-electron chi connectivity index (χ3n) is 6.18. The summed E-state index contributed by atoms with van der Waals surface area (Å²) in [5.74, 6) is -1.27. The molecule has 0 bridgehead atoms. The topological polar surface area (TPSA) is 113 Å². The highest BCUT2D eigenvalue weighted by Gasteiger charge is 2.31. The number of anilines is 2. The molecule has 0 spiro atoms. The zero-order chi connectivity index (χ0) is 26.6. The van der Waals surface area contributed by atoms with Crippen LogP contribution in [-0.2, 0) is 30.6 Å². The summed E-state index contributed by atoms with van der Waals surface area (Å²) in [6, 6.07) is 18.2. The largest absolute Gasteiger partial charge is 0.326 e. The molecule has 37 heavy (non-hydrogen) atoms. The Morgan fingerprint density at radius 3 is 2.19 bits per heavy atom. The maximum atomic E-state index is 13.1. The molecule has 1 fully saturated rings. The van der Waals surface area contributed by atoms with Gasteiger partial charge in [-0.05, 0) is 79.4 Å². The molecule has 11 heteroatoms. The first kappa shape index (κ1) is 26.8. The van der Waals surface area contributed by atoms with E-state index in [0.29, 0.717) is 29.8 Å². The van der Waals surface area contributed by atoms with Crippen LogP contribution in [0.4, 0.5) is 15.8 Å². The second-order valence-corrected chi connectivity index (χ2v) is 12.7. The molecule has 3 aromatic rings. The molecular weight excluding hydrogens is 517 g/mol. The molecule has 196 valence electrons. The fourth-order valence-corrected chi connectivity index (χ4v) is 6.78. The summed E-state index contributed by atoms with van der Waals surface area (Å²) in [6.45, 7) is 2.29. The van der Waals surface area contributed by atoms with Crippen molar-refractivity contribution in [3.8, 4) is 0 Å². The van der Waals surface area contributed by atoms with Crippen molar-refractivity contribution in [3.05, 3.63) is 89.7 Å². The number of nitrogens with zero attached hydrogens (tertiary/aromatic N) is 1. The minimum Gasteiger partial charge on any atom is -0.326 e. The van der Waals surface area contributed by atoms with Crippen molar-refractivity contribution in [2.45, 2.75) is 30.4 Å². The van der Waals surface area contributed by atoms with Crippen LogP contribution >= 0.6 is 0 Å². The van der Waals surface area contributed by atoms with Crippen LogP contribution in [0.3, 0.4) is 0 Å². The normalized spacial score (nSPS) is 15.3. The SMILES string of the molecule is Cc1cccc(NS(=O)(=O)c2ccc(NC(=O)C3CCN(S(=O)(=O)Cc4ccc(F)cc4)CC3)cc2)c1. The van der Waals surface area contributed by atoms with E-state index in [1.165, 1.54) is 52.8 Å². The molecule has 0 aromatic heterocycles. The summed E-state index contributed by atoms with van der Waals surface area (Å²) in [4.78, 5) is 12.8. The van der Waals surface area contributed by atoms with Gasteiger partial charge >= 0.3 is 0 Å². The van der Waals surface area contributed by atoms with E-state index in [1.54, 1.807) is 18.2 Å². The average molecular weight is 546 g/mol. The van der Waals surface area contributed by atoms with E-state index in [0.717, 1.165) is 5.56 Å². The van der Waals surface area contributed by atoms with E-state index in [9.17, 15) is 26.0 Å². The lowest BCUT2D eigenvalue weighted by atomic mass is 9.97. The molecule has 1 heterocycles. The Morgan fingerprint density at radius 2 is 1.57 bits per heavy atom. The fraction of sp³-hybridized carbons (Fsp3) is 0.269. The summed E-state index contributed by atoms with van der Waals surface area (Å²) in [5, 5.41) is 2.79. The number of benzene rings is 3. The van der Waals surface area contributed by atoms with Gasteiger partial charge in [-0.25, -0.2) is 25.5 Å². The zero-order valence-corrected chi connectivity index (χ0v) is 21.9. The molecule has 0 aliphatic carbocycles. The number of carbonyl (C=O) groups excluding carboxylic acids is 1. The monoisotopic (exact) mass is 545 g/mol. The lowest BCUT2D eigenvalue weighted by molar-refractivity contribution is -0.120. The van der Waals surface area contributed by atoms with Gasteiger partial charge in [-0.15, -0.1) is 0 Å². The number of rotatable bonds is 8. The van der Waals surface area contributed by atoms with Gasteiger partial charge in [0.1, 0.15) is 5.82 Å². The van der Waals surface area contributed by atoms with Crippen LogP contribution in [0, 0.1) is 18.7 Å². The van der Waals surface area contributed by atoms with Crippen LogP contribution in [0.1, 0.15) is 24.0 Å². The number of hydrogen-bond donors (Lipinski definition) is 2. The quantitative estimate of drug-likeness (QED) is 0.442. The number of piperidine rings is 1. The van der Waals surface area contributed by atoms with Crippen molar-refractivity contribution in [3.63, 3.8) is 0 Å². The van der Waals surface area contributed by atoms with Gasteiger partial charge in [-0.1, -0.05) is 24.3 Å². The zero-order valence-electron chi connectivity index (χ0n) is 20.2. The summed E-state index contributed by atoms with van der Waals surface area (Å²) in [7, 11) is -7.37. The van der Waals surface area contributed by atoms with E-state index in [2.05, 4.69) is 10.0 Å². The molecule has 0 radical (unpaired) electrons. The van der Waals surface area contributed by atoms with E-state index >= 15 is 0 Å². The van der Waals surface area contributed by atoms with Gasteiger partial charge in [0.25, 0.3) is 10.0 Å². The molecule has 2 N–H and O–H groups in total. The van der Waals surface area contributed by atoms with E-state index in [4.69, 9.17) is 0 Å². The highest BCUT2D eigenvalue weighted by Crippen LogP contribution is 2.24. The smallest absolute Gasteiger partial charge is 0.261 e. The van der Waals surface area contributed by atoms with Crippen LogP contribution in [0.2, 0.25) is 0 Å². The maximum Gasteiger partial charge on any atom is 0.261 e. The van der Waals surface area contributed by atoms with Crippen LogP contribution in [-0.4, -0.2) is 40.1 Å². The van der Waals surface area contributed by atoms with Gasteiger partial charge in [0.15, 0.2) is 0 Å². The van der Waals surface area contributed by atoms with Crippen molar-refractivity contribution in [1.82, 2.24) is 4.31 Å². The molecule has 0 saturated carbocycles. The Labute approximate surface area is 216 Å². The van der Waals surface area contributed by atoms with Crippen LogP contribution in [0.15, 0.2) is 77.7 Å². The predicted octanol–water partition coefficient (Wildman–Crippen LogP) is 4.12. The number of hydrogen-bond acceptors (Lipinski definition) is 5. The van der Waals surface area contributed by atoms with Crippen LogP contribution in [0.5, 0.6) is 0 Å². The highest BCUT2D eigenvalue weighted by atomic mass is 32.2. The highest BCUT2D eigenvalue weighted by molar-refractivity contribution is 7.92. The van der Waals surface area contributed by atoms with Crippen molar-refractivity contribution in [1.29, 1.82) is 0 Å². The first-order valence-electron chi connectivity index (χ1n) is 11.7. The Kier molecular flexibility index (Phi) is 7.96. The van der Waals surface area contributed by atoms with Gasteiger partial charge in [0, 0.05) is 30.4 Å². The van der Waals surface area contributed by atoms with Gasteiger partial charge in [-0.3, -0.25) is 9.52 Å². The molecule has 1 saturated heterocycles. The molecule has 0 unspecified atom stereocenters. The van der Waals surface area contributed by atoms with Gasteiger partial charge < -0.3 is 5.32 Å². The number of halogens is 1. The number of nitrogens with one attached hydrogen (secondary N) is 2. The lowest BCUT2D eigenvalue weighted by Crippen LogP contribution is -2.41. The van der Waals surface area contributed by atoms with E-state index in [1.807, 2.05) is 13.0 Å². The second kappa shape index (κ2) is 11.0. The van der Waals surface area contributed by atoms with Gasteiger partial charge in [0.05, 0.1) is 10.6 Å². The van der Waals surface area contributed by atoms with Crippen molar-refractivity contribution in [2.24, 2.45) is 5.92 Å². The summed E-state index contributed by atoms with van der Waals surface area (Å²) >= 11 is 0. The van der Waals surface area contributed by atoms with E-state index < -0.39 is 25.9 Å². The van der Waals surface area contributed by atoms with Crippen molar-refractivity contribution >= 4 is 37.3 Å². The van der Waals surface area contributed by atoms with Crippen molar-refractivity contribution in [2.75, 3.05) is 23.1 Å². The molecule has 3 aromatic carbocycles. The maximum absolute atomic E-state index is 13.1. The minimum atomic E-state index is -3.78. The third-order valence-corrected chi connectivity index (χ3v) is 9.43. The lowest BCUT2D eigenvalue weighted by Gasteiger charge is -2.30. The first-order chi connectivity index (χ1) is 17.5. The number of aryl methyl sites for hydroxylation is 1. The molecule has 4 rings (SSSR count). The van der Waals surface area contributed by atoms with E-state index in [-0.39, 0.29) is 35.6 Å².